The Kier molecular flexibility index (Phi) is 7.24. The van der Waals surface area contributed by atoms with E-state index >= 15 is 0 Å². The molecule has 1 atom stereocenters. The summed E-state index contributed by atoms with van der Waals surface area (Å²) in [6, 6.07) is 4.49. The molecular weight excluding hydrogens is 360 g/mol. The first-order valence-electron chi connectivity index (χ1n) is 8.46. The van der Waals surface area contributed by atoms with Crippen LogP contribution in [0, 0.1) is 0 Å². The zero-order valence-corrected chi connectivity index (χ0v) is 16.2. The van der Waals surface area contributed by atoms with E-state index in [1.54, 1.807) is 11.0 Å². The van der Waals surface area contributed by atoms with Gasteiger partial charge in [0.2, 0.25) is 15.9 Å². The second kappa shape index (κ2) is 9.20. The van der Waals surface area contributed by atoms with Crippen LogP contribution in [0.1, 0.15) is 19.8 Å². The average Bonchev–Trinajstić information content (AvgIpc) is 3.13. The highest BCUT2D eigenvalue weighted by Crippen LogP contribution is 2.28. The largest absolute Gasteiger partial charge is 0.497 e. The van der Waals surface area contributed by atoms with Crippen molar-refractivity contribution in [2.45, 2.75) is 30.8 Å². The Labute approximate surface area is 154 Å². The quantitative estimate of drug-likeness (QED) is 0.681. The van der Waals surface area contributed by atoms with E-state index in [0.29, 0.717) is 18.9 Å². The van der Waals surface area contributed by atoms with Crippen molar-refractivity contribution in [2.24, 2.45) is 0 Å². The topological polar surface area (TPSA) is 94.2 Å². The summed E-state index contributed by atoms with van der Waals surface area (Å²) in [4.78, 5) is 13.4. The van der Waals surface area contributed by atoms with Crippen molar-refractivity contribution in [3.63, 3.8) is 0 Å². The first-order chi connectivity index (χ1) is 12.4. The number of hydrogen-bond donors (Lipinski definition) is 1. The summed E-state index contributed by atoms with van der Waals surface area (Å²) in [5, 5.41) is 0. The van der Waals surface area contributed by atoms with Gasteiger partial charge in [-0.3, -0.25) is 4.79 Å². The lowest BCUT2D eigenvalue weighted by Crippen LogP contribution is -2.41. The second-order valence-corrected chi connectivity index (χ2v) is 7.75. The van der Waals surface area contributed by atoms with Crippen LogP contribution in [0.15, 0.2) is 23.1 Å². The van der Waals surface area contributed by atoms with Gasteiger partial charge in [0.1, 0.15) is 16.4 Å². The van der Waals surface area contributed by atoms with Crippen molar-refractivity contribution in [3.05, 3.63) is 18.2 Å². The summed E-state index contributed by atoms with van der Waals surface area (Å²) in [6.07, 6.45) is 1.93. The Bertz CT molecular complexity index is 716. The van der Waals surface area contributed by atoms with Crippen LogP contribution in [0.5, 0.6) is 11.5 Å². The minimum atomic E-state index is -3.78. The molecule has 0 spiro atoms. The van der Waals surface area contributed by atoms with Crippen molar-refractivity contribution >= 4 is 15.9 Å². The van der Waals surface area contributed by atoms with Crippen molar-refractivity contribution in [1.82, 2.24) is 9.62 Å². The molecule has 0 aliphatic carbocycles. The third-order valence-corrected chi connectivity index (χ3v) is 5.73. The minimum Gasteiger partial charge on any atom is -0.497 e. The highest BCUT2D eigenvalue weighted by molar-refractivity contribution is 7.89. The van der Waals surface area contributed by atoms with Crippen molar-refractivity contribution < 1.29 is 27.4 Å². The van der Waals surface area contributed by atoms with Gasteiger partial charge in [0.15, 0.2) is 0 Å². The van der Waals surface area contributed by atoms with E-state index in [2.05, 4.69) is 4.72 Å². The Morgan fingerprint density at radius 3 is 2.69 bits per heavy atom. The molecule has 1 aromatic rings. The van der Waals surface area contributed by atoms with E-state index in [4.69, 9.17) is 14.2 Å². The first kappa shape index (κ1) is 20.5. The minimum absolute atomic E-state index is 0.0225. The van der Waals surface area contributed by atoms with E-state index in [-0.39, 0.29) is 35.7 Å². The molecule has 8 nitrogen and oxygen atoms in total. The summed E-state index contributed by atoms with van der Waals surface area (Å²) in [7, 11) is -0.889. The maximum Gasteiger partial charge on any atom is 0.244 e. The van der Waals surface area contributed by atoms with E-state index in [1.807, 2.05) is 0 Å². The Morgan fingerprint density at radius 1 is 1.35 bits per heavy atom. The van der Waals surface area contributed by atoms with Crippen LogP contribution < -0.4 is 14.2 Å². The van der Waals surface area contributed by atoms with E-state index in [0.717, 1.165) is 12.8 Å². The highest BCUT2D eigenvalue weighted by atomic mass is 32.2. The van der Waals surface area contributed by atoms with E-state index in [9.17, 15) is 13.2 Å². The number of nitrogens with one attached hydrogen (secondary N) is 1. The van der Waals surface area contributed by atoms with Crippen molar-refractivity contribution in [2.75, 3.05) is 40.5 Å². The van der Waals surface area contributed by atoms with Crippen LogP contribution in [-0.4, -0.2) is 65.8 Å². The highest BCUT2D eigenvalue weighted by Gasteiger charge is 2.23. The number of benzene rings is 1. The molecule has 0 aromatic heterocycles. The second-order valence-electron chi connectivity index (χ2n) is 6.01. The predicted molar refractivity (Wildman–Crippen MR) is 96.0 cm³/mol. The summed E-state index contributed by atoms with van der Waals surface area (Å²) in [5.41, 5.74) is 0. The molecular formula is C17H26N2O6S. The van der Waals surface area contributed by atoms with E-state index < -0.39 is 10.0 Å². The van der Waals surface area contributed by atoms with Gasteiger partial charge >= 0.3 is 0 Å². The summed E-state index contributed by atoms with van der Waals surface area (Å²) in [5.74, 6) is 0.585. The molecule has 1 aliphatic heterocycles. The SMILES string of the molecule is COc1ccc(S(=O)(=O)NCCN(CC2CCCO2)C(C)=O)c(OC)c1. The molecule has 1 heterocycles. The normalized spacial score (nSPS) is 17.1. The summed E-state index contributed by atoms with van der Waals surface area (Å²) in [6.45, 7) is 3.02. The fourth-order valence-electron chi connectivity index (χ4n) is 2.80. The van der Waals surface area contributed by atoms with Gasteiger partial charge in [0.25, 0.3) is 0 Å². The summed E-state index contributed by atoms with van der Waals surface area (Å²) >= 11 is 0. The molecule has 0 bridgehead atoms. The molecule has 1 N–H and O–H groups in total. The molecule has 0 radical (unpaired) electrons. The maximum atomic E-state index is 12.5. The molecule has 9 heteroatoms. The fraction of sp³-hybridized carbons (Fsp3) is 0.588. The van der Waals surface area contributed by atoms with Crippen molar-refractivity contribution in [1.29, 1.82) is 0 Å². The molecule has 1 fully saturated rings. The van der Waals surface area contributed by atoms with Crippen molar-refractivity contribution in [3.8, 4) is 11.5 Å². The predicted octanol–water partition coefficient (Wildman–Crippen LogP) is 1.01. The number of rotatable bonds is 9. The smallest absolute Gasteiger partial charge is 0.244 e. The maximum absolute atomic E-state index is 12.5. The third kappa shape index (κ3) is 5.33. The Balaban J connectivity index is 1.99. The first-order valence-corrected chi connectivity index (χ1v) is 9.94. The van der Waals surface area contributed by atoms with Gasteiger partial charge in [-0.25, -0.2) is 13.1 Å². The third-order valence-electron chi connectivity index (χ3n) is 4.23. The molecule has 1 amide bonds. The number of carbonyl (C=O) groups excluding carboxylic acids is 1. The molecule has 1 aliphatic rings. The lowest BCUT2D eigenvalue weighted by Gasteiger charge is -2.24. The van der Waals surface area contributed by atoms with Gasteiger partial charge in [-0.15, -0.1) is 0 Å². The van der Waals surface area contributed by atoms with Gasteiger partial charge in [0.05, 0.1) is 20.3 Å². The van der Waals surface area contributed by atoms with Crippen LogP contribution in [0.4, 0.5) is 0 Å². The Hall–Kier alpha value is -1.84. The molecule has 1 aromatic carbocycles. The fourth-order valence-corrected chi connectivity index (χ4v) is 3.97. The zero-order chi connectivity index (χ0) is 19.2. The number of ether oxygens (including phenoxy) is 3. The van der Waals surface area contributed by atoms with Crippen LogP contribution in [0.2, 0.25) is 0 Å². The number of hydrogen-bond acceptors (Lipinski definition) is 6. The molecule has 1 unspecified atom stereocenters. The van der Waals surface area contributed by atoms with Gasteiger partial charge in [-0.05, 0) is 25.0 Å². The van der Waals surface area contributed by atoms with Crippen LogP contribution >= 0.6 is 0 Å². The van der Waals surface area contributed by atoms with Crippen LogP contribution in [0.3, 0.4) is 0 Å². The molecule has 2 rings (SSSR count). The van der Waals surface area contributed by atoms with Gasteiger partial charge in [0, 0.05) is 39.2 Å². The molecule has 26 heavy (non-hydrogen) atoms. The average molecular weight is 386 g/mol. The zero-order valence-electron chi connectivity index (χ0n) is 15.4. The summed E-state index contributed by atoms with van der Waals surface area (Å²) < 4.78 is 43.4. The number of sulfonamides is 1. The molecule has 146 valence electrons. The number of amides is 1. The lowest BCUT2D eigenvalue weighted by atomic mass is 10.2. The number of methoxy groups -OCH3 is 2. The van der Waals surface area contributed by atoms with E-state index in [1.165, 1.54) is 33.3 Å². The number of nitrogens with zero attached hydrogens (tertiary/aromatic N) is 1. The van der Waals surface area contributed by atoms with Gasteiger partial charge < -0.3 is 19.1 Å². The monoisotopic (exact) mass is 386 g/mol. The van der Waals surface area contributed by atoms with Crippen LogP contribution in [0.25, 0.3) is 0 Å². The lowest BCUT2D eigenvalue weighted by molar-refractivity contribution is -0.130. The van der Waals surface area contributed by atoms with Crippen LogP contribution in [-0.2, 0) is 19.6 Å². The van der Waals surface area contributed by atoms with Gasteiger partial charge in [-0.1, -0.05) is 0 Å². The molecule has 0 saturated carbocycles. The Morgan fingerprint density at radius 2 is 2.12 bits per heavy atom. The number of carbonyl (C=O) groups is 1. The standard InChI is InChI=1S/C17H26N2O6S/c1-13(20)19(12-15-5-4-10-25-15)9-8-18-26(21,22)17-7-6-14(23-2)11-16(17)24-3/h6-7,11,15,18H,4-5,8-10,12H2,1-3H3. The molecule has 1 saturated heterocycles. The van der Waals surface area contributed by atoms with Gasteiger partial charge in [-0.2, -0.15) is 0 Å².